The molecule has 0 saturated carbocycles. The van der Waals surface area contributed by atoms with Crippen molar-refractivity contribution >= 4 is 23.7 Å². The lowest BCUT2D eigenvalue weighted by molar-refractivity contribution is -0.299. The summed E-state index contributed by atoms with van der Waals surface area (Å²) in [5.74, 6) is -2.93. The number of aromatic nitrogens is 2. The van der Waals surface area contributed by atoms with E-state index in [2.05, 4.69) is 15.7 Å². The minimum atomic E-state index is -1.38. The molecule has 25 heavy (non-hydrogen) atoms. The molecule has 1 unspecified atom stereocenters. The lowest BCUT2D eigenvalue weighted by Crippen LogP contribution is -2.64. The molecule has 0 aliphatic carbocycles. The maximum atomic E-state index is 11.8. The first kappa shape index (κ1) is 16.7. The fraction of sp³-hybridized carbons (Fsp3) is 0.750. The maximum absolute atomic E-state index is 11.8. The van der Waals surface area contributed by atoms with Gasteiger partial charge in [-0.2, -0.15) is 4.37 Å². The fourth-order valence-corrected chi connectivity index (χ4v) is 4.60. The summed E-state index contributed by atoms with van der Waals surface area (Å²) in [6.07, 6.45) is 5.03. The van der Waals surface area contributed by atoms with E-state index >= 15 is 0 Å². The second-order valence-electron chi connectivity index (χ2n) is 6.72. The van der Waals surface area contributed by atoms with Gasteiger partial charge < -0.3 is 14.2 Å². The van der Waals surface area contributed by atoms with Crippen molar-refractivity contribution in [2.45, 2.75) is 50.9 Å². The zero-order chi connectivity index (χ0) is 17.4. The summed E-state index contributed by atoms with van der Waals surface area (Å²) >= 11 is 1.07. The Hall–Kier alpha value is -1.74. The van der Waals surface area contributed by atoms with Crippen LogP contribution in [0.5, 0.6) is 5.88 Å². The zero-order valence-corrected chi connectivity index (χ0v) is 14.9. The van der Waals surface area contributed by atoms with Crippen molar-refractivity contribution in [2.24, 2.45) is 5.92 Å². The van der Waals surface area contributed by atoms with Crippen LogP contribution in [0.3, 0.4) is 0 Å². The molecule has 4 saturated heterocycles. The molecule has 5 rings (SSSR count). The molecule has 1 aromatic heterocycles. The second-order valence-corrected chi connectivity index (χ2v) is 7.25. The first-order valence-corrected chi connectivity index (χ1v) is 9.55. The third kappa shape index (κ3) is 2.69. The number of ether oxygens (including phenoxy) is 3. The smallest absolute Gasteiger partial charge is 0.421 e. The van der Waals surface area contributed by atoms with Gasteiger partial charge in [-0.1, -0.05) is 19.8 Å². The van der Waals surface area contributed by atoms with Gasteiger partial charge in [0.25, 0.3) is 0 Å². The van der Waals surface area contributed by atoms with Crippen molar-refractivity contribution in [3.63, 3.8) is 0 Å². The molecule has 2 bridgehead atoms. The molecule has 4 aliphatic rings. The van der Waals surface area contributed by atoms with Gasteiger partial charge in [-0.05, 0) is 25.2 Å². The first-order valence-electron chi connectivity index (χ1n) is 8.82. The van der Waals surface area contributed by atoms with Crippen LogP contribution in [-0.4, -0.2) is 51.2 Å². The summed E-state index contributed by atoms with van der Waals surface area (Å²) in [7, 11) is 0. The molecule has 0 aromatic carbocycles. The van der Waals surface area contributed by atoms with Gasteiger partial charge in [0.15, 0.2) is 0 Å². The SMILES string of the molecule is CCCCCOc1nsnc1C1C2CCN(CC2)C12OC(=O)C(=O)O2. The topological polar surface area (TPSA) is 90.9 Å². The lowest BCUT2D eigenvalue weighted by Gasteiger charge is -2.52. The number of esters is 2. The minimum absolute atomic E-state index is 0.214. The van der Waals surface area contributed by atoms with Crippen molar-refractivity contribution < 1.29 is 23.8 Å². The fourth-order valence-electron chi connectivity index (χ4n) is 4.06. The van der Waals surface area contributed by atoms with Crippen LogP contribution < -0.4 is 4.74 Å². The average Bonchev–Trinajstić information content (AvgIpc) is 3.18. The highest BCUT2D eigenvalue weighted by Crippen LogP contribution is 2.53. The lowest BCUT2D eigenvalue weighted by atomic mass is 9.74. The molecule has 136 valence electrons. The third-order valence-corrected chi connectivity index (χ3v) is 5.78. The molecule has 0 amide bonds. The van der Waals surface area contributed by atoms with Crippen LogP contribution in [0.1, 0.15) is 50.6 Å². The molecule has 0 N–H and O–H groups in total. The summed E-state index contributed by atoms with van der Waals surface area (Å²) in [5.41, 5.74) is 0.637. The number of nitrogens with zero attached hydrogens (tertiary/aromatic N) is 3. The number of hydrogen-bond donors (Lipinski definition) is 0. The molecular formula is C16H21N3O5S. The maximum Gasteiger partial charge on any atom is 0.421 e. The highest BCUT2D eigenvalue weighted by Gasteiger charge is 2.66. The van der Waals surface area contributed by atoms with E-state index < -0.39 is 17.8 Å². The van der Waals surface area contributed by atoms with Gasteiger partial charge >= 0.3 is 17.8 Å². The molecule has 5 heterocycles. The van der Waals surface area contributed by atoms with E-state index in [1.165, 1.54) is 0 Å². The Balaban J connectivity index is 1.63. The third-order valence-electron chi connectivity index (χ3n) is 5.25. The van der Waals surface area contributed by atoms with Gasteiger partial charge in [-0.25, -0.2) is 14.5 Å². The molecule has 4 aliphatic heterocycles. The molecule has 9 heteroatoms. The van der Waals surface area contributed by atoms with Crippen LogP contribution in [0.15, 0.2) is 0 Å². The zero-order valence-electron chi connectivity index (χ0n) is 14.1. The summed E-state index contributed by atoms with van der Waals surface area (Å²) in [6, 6.07) is 0. The monoisotopic (exact) mass is 367 g/mol. The summed E-state index contributed by atoms with van der Waals surface area (Å²) in [4.78, 5) is 25.5. The number of rotatable bonds is 6. The van der Waals surface area contributed by atoms with Crippen LogP contribution in [0.2, 0.25) is 0 Å². The van der Waals surface area contributed by atoms with Crippen molar-refractivity contribution in [3.8, 4) is 5.88 Å². The largest absolute Gasteiger partial charge is 0.476 e. The molecule has 1 aromatic rings. The molecular weight excluding hydrogens is 346 g/mol. The Labute approximate surface area is 149 Å². The number of carbonyl (C=O) groups is 2. The highest BCUT2D eigenvalue weighted by molar-refractivity contribution is 6.99. The van der Waals surface area contributed by atoms with E-state index in [-0.39, 0.29) is 11.8 Å². The van der Waals surface area contributed by atoms with Gasteiger partial charge in [0.1, 0.15) is 11.6 Å². The van der Waals surface area contributed by atoms with Crippen molar-refractivity contribution in [2.75, 3.05) is 19.7 Å². The molecule has 8 nitrogen and oxygen atoms in total. The summed E-state index contributed by atoms with van der Waals surface area (Å²) in [5, 5.41) is 0. The molecule has 1 spiro atoms. The van der Waals surface area contributed by atoms with Gasteiger partial charge in [0.05, 0.1) is 18.3 Å². The van der Waals surface area contributed by atoms with Gasteiger partial charge in [0, 0.05) is 13.1 Å². The summed E-state index contributed by atoms with van der Waals surface area (Å²) < 4.78 is 25.5. The number of hydrogen-bond acceptors (Lipinski definition) is 9. The van der Waals surface area contributed by atoms with Gasteiger partial charge in [-0.3, -0.25) is 0 Å². The second kappa shape index (κ2) is 6.53. The Morgan fingerprint density at radius 3 is 2.60 bits per heavy atom. The van der Waals surface area contributed by atoms with E-state index in [9.17, 15) is 9.59 Å². The van der Waals surface area contributed by atoms with E-state index in [0.29, 0.717) is 18.2 Å². The number of unbranched alkanes of at least 4 members (excludes halogenated alkanes) is 2. The van der Waals surface area contributed by atoms with Gasteiger partial charge in [-0.15, -0.1) is 4.37 Å². The van der Waals surface area contributed by atoms with E-state index in [1.807, 2.05) is 4.90 Å². The van der Waals surface area contributed by atoms with E-state index in [1.54, 1.807) is 0 Å². The molecule has 4 fully saturated rings. The van der Waals surface area contributed by atoms with Crippen molar-refractivity contribution in [3.05, 3.63) is 5.69 Å². The Kier molecular flexibility index (Phi) is 4.36. The van der Waals surface area contributed by atoms with Crippen LogP contribution in [0, 0.1) is 5.92 Å². The van der Waals surface area contributed by atoms with E-state index in [0.717, 1.165) is 56.9 Å². The Morgan fingerprint density at radius 1 is 1.20 bits per heavy atom. The Morgan fingerprint density at radius 2 is 1.92 bits per heavy atom. The van der Waals surface area contributed by atoms with Crippen molar-refractivity contribution in [1.29, 1.82) is 0 Å². The first-order chi connectivity index (χ1) is 12.2. The Bertz CT molecular complexity index is 654. The van der Waals surface area contributed by atoms with Crippen molar-refractivity contribution in [1.82, 2.24) is 13.6 Å². The number of piperidine rings is 3. The average molecular weight is 367 g/mol. The van der Waals surface area contributed by atoms with Gasteiger partial charge in [0.2, 0.25) is 5.88 Å². The van der Waals surface area contributed by atoms with Crippen LogP contribution in [0.4, 0.5) is 0 Å². The minimum Gasteiger partial charge on any atom is -0.476 e. The van der Waals surface area contributed by atoms with Crippen LogP contribution >= 0.6 is 11.7 Å². The molecule has 0 radical (unpaired) electrons. The predicted molar refractivity (Wildman–Crippen MR) is 86.9 cm³/mol. The standard InChI is InChI=1S/C16H21N3O5S/c1-2-3-4-9-22-13-12(17-25-18-13)11-10-5-7-19(8-6-10)16(11)23-14(20)15(21)24-16/h10-11H,2-9H2,1H3. The number of carbonyl (C=O) groups excluding carboxylic acids is 2. The van der Waals surface area contributed by atoms with E-state index in [4.69, 9.17) is 14.2 Å². The number of fused-ring (bicyclic) bond motifs is 2. The normalized spacial score (nSPS) is 29.7. The predicted octanol–water partition coefficient (Wildman–Crippen LogP) is 1.67. The molecule has 1 atom stereocenters. The van der Waals surface area contributed by atoms with Crippen LogP contribution in [-0.2, 0) is 19.1 Å². The van der Waals surface area contributed by atoms with Crippen LogP contribution in [0.25, 0.3) is 0 Å². The quantitative estimate of drug-likeness (QED) is 0.426. The highest BCUT2D eigenvalue weighted by atomic mass is 32.1. The summed E-state index contributed by atoms with van der Waals surface area (Å²) in [6.45, 7) is 4.16.